The summed E-state index contributed by atoms with van der Waals surface area (Å²) in [7, 11) is 0. The maximum absolute atomic E-state index is 5.27. The first-order valence-electron chi connectivity index (χ1n) is 7.07. The monoisotopic (exact) mass is 321 g/mol. The minimum Gasteiger partial charge on any atom is -0.337 e. The van der Waals surface area contributed by atoms with Gasteiger partial charge in [0.25, 0.3) is 5.90 Å². The van der Waals surface area contributed by atoms with Gasteiger partial charge in [0.1, 0.15) is 0 Å². The number of hydrogen-bond acceptors (Lipinski definition) is 5. The molecule has 0 saturated heterocycles. The summed E-state index contributed by atoms with van der Waals surface area (Å²) >= 11 is 1.70. The summed E-state index contributed by atoms with van der Waals surface area (Å²) in [5.41, 5.74) is 3.05. The second kappa shape index (κ2) is 7.47. The zero-order valence-electron chi connectivity index (χ0n) is 12.4. The lowest BCUT2D eigenvalue weighted by Gasteiger charge is -2.06. The molecule has 0 amide bonds. The molecule has 0 saturated carbocycles. The summed E-state index contributed by atoms with van der Waals surface area (Å²) in [6, 6.07) is 16.0. The third kappa shape index (κ3) is 3.90. The van der Waals surface area contributed by atoms with Crippen LogP contribution in [0, 0.1) is 0 Å². The van der Waals surface area contributed by atoms with Crippen molar-refractivity contribution in [3.05, 3.63) is 77.4 Å². The van der Waals surface area contributed by atoms with Gasteiger partial charge in [0.05, 0.1) is 6.54 Å². The summed E-state index contributed by atoms with van der Waals surface area (Å²) in [5.74, 6) is 0.454. The molecular weight excluding hydrogens is 306 g/mol. The molecule has 4 nitrogen and oxygen atoms in total. The topological polar surface area (TPSA) is 46.8 Å². The van der Waals surface area contributed by atoms with E-state index in [-0.39, 0.29) is 0 Å². The Balaban J connectivity index is 1.89. The van der Waals surface area contributed by atoms with E-state index in [1.54, 1.807) is 23.7 Å². The molecule has 114 valence electrons. The van der Waals surface area contributed by atoms with Crippen LogP contribution in [0.5, 0.6) is 0 Å². The molecule has 0 aliphatic heterocycles. The van der Waals surface area contributed by atoms with Gasteiger partial charge in [0.2, 0.25) is 0 Å². The molecule has 0 fully saturated rings. The van der Waals surface area contributed by atoms with Crippen LogP contribution in [0.25, 0.3) is 10.4 Å². The third-order valence-electron chi connectivity index (χ3n) is 3.22. The second-order valence-electron chi connectivity index (χ2n) is 4.76. The molecule has 1 aromatic carbocycles. The molecule has 0 N–H and O–H groups in total. The van der Waals surface area contributed by atoms with Gasteiger partial charge in [0, 0.05) is 29.6 Å². The van der Waals surface area contributed by atoms with Crippen LogP contribution in [-0.4, -0.2) is 17.6 Å². The van der Waals surface area contributed by atoms with Crippen LogP contribution in [0.15, 0.2) is 76.5 Å². The van der Waals surface area contributed by atoms with E-state index in [1.165, 1.54) is 4.88 Å². The molecule has 0 bridgehead atoms. The van der Waals surface area contributed by atoms with Gasteiger partial charge in [-0.05, 0) is 46.8 Å². The molecule has 0 radical (unpaired) electrons. The smallest absolute Gasteiger partial charge is 0.251 e. The predicted molar refractivity (Wildman–Crippen MR) is 94.9 cm³/mol. The first-order valence-corrected chi connectivity index (χ1v) is 7.95. The summed E-state index contributed by atoms with van der Waals surface area (Å²) < 4.78 is 0. The molecule has 3 rings (SSSR count). The molecule has 3 aromatic rings. The Morgan fingerprint density at radius 3 is 2.74 bits per heavy atom. The van der Waals surface area contributed by atoms with Crippen molar-refractivity contribution in [3.63, 3.8) is 0 Å². The Hall–Kier alpha value is -2.79. The van der Waals surface area contributed by atoms with E-state index in [9.17, 15) is 0 Å². The van der Waals surface area contributed by atoms with Crippen molar-refractivity contribution in [2.24, 2.45) is 10.1 Å². The van der Waals surface area contributed by atoms with Gasteiger partial charge in [-0.1, -0.05) is 23.4 Å². The SMILES string of the molecule is C=NOC(=NCc1ccncc1)c1cccc(-c2cccs2)c1. The van der Waals surface area contributed by atoms with Crippen molar-refractivity contribution >= 4 is 24.0 Å². The quantitative estimate of drug-likeness (QED) is 0.397. The summed E-state index contributed by atoms with van der Waals surface area (Å²) in [6.45, 7) is 3.89. The first kappa shape index (κ1) is 15.1. The van der Waals surface area contributed by atoms with Crippen molar-refractivity contribution in [2.75, 3.05) is 0 Å². The molecule has 5 heteroatoms. The van der Waals surface area contributed by atoms with Gasteiger partial charge in [-0.25, -0.2) is 4.99 Å². The van der Waals surface area contributed by atoms with Crippen LogP contribution >= 0.6 is 11.3 Å². The number of thiophene rings is 1. The largest absolute Gasteiger partial charge is 0.337 e. The Kier molecular flexibility index (Phi) is 4.91. The number of oxime groups is 1. The van der Waals surface area contributed by atoms with Crippen LogP contribution in [-0.2, 0) is 11.4 Å². The minimum absolute atomic E-state index is 0.454. The highest BCUT2D eigenvalue weighted by Gasteiger charge is 2.08. The van der Waals surface area contributed by atoms with Crippen LogP contribution < -0.4 is 0 Å². The maximum Gasteiger partial charge on any atom is 0.251 e. The van der Waals surface area contributed by atoms with Crippen LogP contribution in [0.1, 0.15) is 11.1 Å². The van der Waals surface area contributed by atoms with E-state index >= 15 is 0 Å². The molecule has 0 unspecified atom stereocenters. The average Bonchev–Trinajstić information content (AvgIpc) is 3.14. The number of pyridine rings is 1. The van der Waals surface area contributed by atoms with E-state index in [2.05, 4.69) is 39.4 Å². The van der Waals surface area contributed by atoms with E-state index in [0.29, 0.717) is 12.4 Å². The Labute approximate surface area is 138 Å². The molecule has 0 atom stereocenters. The van der Waals surface area contributed by atoms with Crippen molar-refractivity contribution in [1.29, 1.82) is 0 Å². The van der Waals surface area contributed by atoms with Gasteiger partial charge < -0.3 is 4.84 Å². The van der Waals surface area contributed by atoms with Crippen molar-refractivity contribution in [2.45, 2.75) is 6.54 Å². The fourth-order valence-corrected chi connectivity index (χ4v) is 2.86. The standard InChI is InChI=1S/C18H15N3OS/c1-19-22-18(21-13-14-7-9-20-10-8-14)16-5-2-4-15(12-16)17-6-3-11-23-17/h2-12H,1,13H2. The average molecular weight is 321 g/mol. The zero-order chi connectivity index (χ0) is 15.9. The van der Waals surface area contributed by atoms with Gasteiger partial charge in [-0.2, -0.15) is 0 Å². The van der Waals surface area contributed by atoms with Crippen LogP contribution in [0.4, 0.5) is 0 Å². The highest BCUT2D eigenvalue weighted by Crippen LogP contribution is 2.25. The van der Waals surface area contributed by atoms with E-state index in [0.717, 1.165) is 16.7 Å². The number of aliphatic imine (C=N–C) groups is 1. The van der Waals surface area contributed by atoms with Gasteiger partial charge in [-0.3, -0.25) is 4.98 Å². The molecule has 2 aromatic heterocycles. The first-order chi connectivity index (χ1) is 11.4. The number of benzene rings is 1. The predicted octanol–water partition coefficient (Wildman–Crippen LogP) is 4.39. The van der Waals surface area contributed by atoms with Crippen LogP contribution in [0.3, 0.4) is 0 Å². The molecule has 0 spiro atoms. The lowest BCUT2D eigenvalue weighted by atomic mass is 10.1. The summed E-state index contributed by atoms with van der Waals surface area (Å²) in [4.78, 5) is 15.0. The maximum atomic E-state index is 5.27. The van der Waals surface area contributed by atoms with Gasteiger partial charge >= 0.3 is 0 Å². The zero-order valence-corrected chi connectivity index (χ0v) is 13.2. The second-order valence-corrected chi connectivity index (χ2v) is 5.70. The normalized spacial score (nSPS) is 11.2. The molecule has 23 heavy (non-hydrogen) atoms. The van der Waals surface area contributed by atoms with Crippen molar-refractivity contribution < 1.29 is 4.84 Å². The fourth-order valence-electron chi connectivity index (χ4n) is 2.13. The number of hydrogen-bond donors (Lipinski definition) is 0. The van der Waals surface area contributed by atoms with Gasteiger partial charge in [-0.15, -0.1) is 11.3 Å². The Bertz CT molecular complexity index is 798. The lowest BCUT2D eigenvalue weighted by molar-refractivity contribution is 0.332. The molecule has 0 aliphatic carbocycles. The fraction of sp³-hybridized carbons (Fsp3) is 0.0556. The van der Waals surface area contributed by atoms with E-state index in [4.69, 9.17) is 4.84 Å². The van der Waals surface area contributed by atoms with Gasteiger partial charge in [0.15, 0.2) is 0 Å². The Morgan fingerprint density at radius 2 is 2.00 bits per heavy atom. The molecular formula is C18H15N3OS. The minimum atomic E-state index is 0.454. The molecule has 0 aliphatic rings. The number of nitrogens with zero attached hydrogens (tertiary/aromatic N) is 3. The van der Waals surface area contributed by atoms with Crippen molar-refractivity contribution in [1.82, 2.24) is 4.98 Å². The number of rotatable bonds is 5. The highest BCUT2D eigenvalue weighted by molar-refractivity contribution is 7.13. The van der Waals surface area contributed by atoms with E-state index in [1.807, 2.05) is 36.4 Å². The third-order valence-corrected chi connectivity index (χ3v) is 4.14. The van der Waals surface area contributed by atoms with Crippen molar-refractivity contribution in [3.8, 4) is 10.4 Å². The number of aromatic nitrogens is 1. The molecule has 2 heterocycles. The van der Waals surface area contributed by atoms with Crippen LogP contribution in [0.2, 0.25) is 0 Å². The highest BCUT2D eigenvalue weighted by atomic mass is 32.1. The Morgan fingerprint density at radius 1 is 1.13 bits per heavy atom. The van der Waals surface area contributed by atoms with E-state index < -0.39 is 0 Å². The summed E-state index contributed by atoms with van der Waals surface area (Å²) in [5, 5.41) is 5.58. The lowest BCUT2D eigenvalue weighted by Crippen LogP contribution is -2.04. The summed E-state index contributed by atoms with van der Waals surface area (Å²) in [6.07, 6.45) is 3.49.